The van der Waals surface area contributed by atoms with Gasteiger partial charge >= 0.3 is 0 Å². The maximum atomic E-state index is 12.0. The van der Waals surface area contributed by atoms with Gasteiger partial charge in [-0.1, -0.05) is 24.3 Å². The first-order valence-corrected chi connectivity index (χ1v) is 5.30. The van der Waals surface area contributed by atoms with Crippen LogP contribution >= 0.6 is 0 Å². The maximum absolute atomic E-state index is 12.0. The molecule has 1 unspecified atom stereocenters. The average molecular weight is 191 g/mol. The molecule has 0 amide bonds. The molecule has 1 atom stereocenters. The Hall–Kier alpha value is -0.860. The van der Waals surface area contributed by atoms with Crippen LogP contribution in [-0.2, 0) is 13.0 Å². The fourth-order valence-corrected chi connectivity index (χ4v) is 2.16. The third kappa shape index (κ3) is 2.14. The minimum absolute atomic E-state index is 0.114. The molecular weight excluding hydrogens is 174 g/mol. The van der Waals surface area contributed by atoms with Gasteiger partial charge in [0.2, 0.25) is 0 Å². The summed E-state index contributed by atoms with van der Waals surface area (Å²) in [6.45, 7) is 1.39. The van der Waals surface area contributed by atoms with Gasteiger partial charge in [-0.05, 0) is 24.8 Å². The van der Waals surface area contributed by atoms with Crippen molar-refractivity contribution in [3.05, 3.63) is 40.6 Å². The molecule has 0 N–H and O–H groups in total. The van der Waals surface area contributed by atoms with Crippen LogP contribution in [0, 0.1) is 5.21 Å². The van der Waals surface area contributed by atoms with Crippen LogP contribution in [0.25, 0.3) is 0 Å². The van der Waals surface area contributed by atoms with Gasteiger partial charge in [0.1, 0.15) is 6.54 Å². The molecule has 0 saturated heterocycles. The number of hydroxylamine groups is 3. The molecule has 2 heteroatoms. The Labute approximate surface area is 85.3 Å². The number of aryl methyl sites for hydroxylation is 1. The molecule has 14 heavy (non-hydrogen) atoms. The van der Waals surface area contributed by atoms with Crippen LogP contribution in [0.2, 0.25) is 0 Å². The predicted molar refractivity (Wildman–Crippen MR) is 57.5 cm³/mol. The van der Waals surface area contributed by atoms with Gasteiger partial charge in [-0.15, -0.1) is 0 Å². The highest BCUT2D eigenvalue weighted by Crippen LogP contribution is 2.21. The van der Waals surface area contributed by atoms with Gasteiger partial charge in [-0.25, -0.2) is 0 Å². The number of quaternary nitrogens is 1. The molecule has 1 aliphatic rings. The second-order valence-electron chi connectivity index (χ2n) is 4.40. The van der Waals surface area contributed by atoms with Crippen LogP contribution in [-0.4, -0.2) is 18.2 Å². The molecule has 0 radical (unpaired) electrons. The summed E-state index contributed by atoms with van der Waals surface area (Å²) in [7, 11) is 1.78. The van der Waals surface area contributed by atoms with E-state index < -0.39 is 0 Å². The molecule has 0 spiro atoms. The highest BCUT2D eigenvalue weighted by Gasteiger charge is 2.16. The first kappa shape index (κ1) is 9.69. The van der Waals surface area contributed by atoms with Crippen molar-refractivity contribution < 1.29 is 4.65 Å². The van der Waals surface area contributed by atoms with Crippen LogP contribution in [0.15, 0.2) is 24.3 Å². The largest absolute Gasteiger partial charge is 0.633 e. The van der Waals surface area contributed by atoms with Gasteiger partial charge in [0, 0.05) is 5.56 Å². The van der Waals surface area contributed by atoms with E-state index in [0.29, 0.717) is 6.54 Å². The Morgan fingerprint density at radius 1 is 1.14 bits per heavy atom. The van der Waals surface area contributed by atoms with Gasteiger partial charge in [0.05, 0.1) is 13.6 Å². The van der Waals surface area contributed by atoms with E-state index in [4.69, 9.17) is 0 Å². The van der Waals surface area contributed by atoms with Crippen molar-refractivity contribution in [2.75, 3.05) is 13.6 Å². The zero-order valence-corrected chi connectivity index (χ0v) is 8.70. The van der Waals surface area contributed by atoms with Gasteiger partial charge < -0.3 is 9.85 Å². The van der Waals surface area contributed by atoms with Crippen LogP contribution in [0.3, 0.4) is 0 Å². The number of hydrogen-bond donors (Lipinski definition) is 0. The molecule has 1 aromatic carbocycles. The lowest BCUT2D eigenvalue weighted by atomic mass is 9.99. The maximum Gasteiger partial charge on any atom is 0.104 e. The van der Waals surface area contributed by atoms with Crippen LogP contribution < -0.4 is 0 Å². The summed E-state index contributed by atoms with van der Waals surface area (Å²) in [5.74, 6) is 0. The summed E-state index contributed by atoms with van der Waals surface area (Å²) in [5, 5.41) is 12.0. The summed E-state index contributed by atoms with van der Waals surface area (Å²) in [6, 6.07) is 8.34. The average Bonchev–Trinajstić information content (AvgIpc) is 2.11. The van der Waals surface area contributed by atoms with E-state index in [-0.39, 0.29) is 4.65 Å². The topological polar surface area (TPSA) is 23.1 Å². The fraction of sp³-hybridized carbons (Fsp3) is 0.500. The summed E-state index contributed by atoms with van der Waals surface area (Å²) in [5.41, 5.74) is 2.61. The fourth-order valence-electron chi connectivity index (χ4n) is 2.16. The molecular formula is C12H17NO. The highest BCUT2D eigenvalue weighted by atomic mass is 16.5. The monoisotopic (exact) mass is 191 g/mol. The molecule has 1 heterocycles. The summed E-state index contributed by atoms with van der Waals surface area (Å²) >= 11 is 0. The van der Waals surface area contributed by atoms with Crippen LogP contribution in [0.1, 0.15) is 24.0 Å². The van der Waals surface area contributed by atoms with Gasteiger partial charge in [-0.2, -0.15) is 0 Å². The standard InChI is InChI=1S/C12H17NO/c1-13(14)9-5-4-7-11-6-2-3-8-12(11)10-13/h2-3,6,8H,4-5,7,9-10H2,1H3. The number of fused-ring (bicyclic) bond motifs is 1. The van der Waals surface area contributed by atoms with Crippen molar-refractivity contribution in [1.82, 2.24) is 0 Å². The second kappa shape index (κ2) is 3.71. The Morgan fingerprint density at radius 2 is 1.86 bits per heavy atom. The second-order valence-corrected chi connectivity index (χ2v) is 4.40. The minimum atomic E-state index is -0.114. The third-order valence-corrected chi connectivity index (χ3v) is 2.95. The smallest absolute Gasteiger partial charge is 0.104 e. The summed E-state index contributed by atoms with van der Waals surface area (Å²) < 4.78 is -0.114. The number of nitrogens with zero attached hydrogens (tertiary/aromatic N) is 1. The van der Waals surface area contributed by atoms with E-state index >= 15 is 0 Å². The van der Waals surface area contributed by atoms with E-state index in [1.807, 2.05) is 6.07 Å². The number of benzene rings is 1. The van der Waals surface area contributed by atoms with Gasteiger partial charge in [-0.3, -0.25) is 0 Å². The third-order valence-electron chi connectivity index (χ3n) is 2.95. The minimum Gasteiger partial charge on any atom is -0.633 e. The van der Waals surface area contributed by atoms with Gasteiger partial charge in [0.15, 0.2) is 0 Å². The zero-order chi connectivity index (χ0) is 10.0. The Balaban J connectivity index is 2.30. The summed E-state index contributed by atoms with van der Waals surface area (Å²) in [4.78, 5) is 0. The molecule has 76 valence electrons. The first-order valence-electron chi connectivity index (χ1n) is 5.30. The highest BCUT2D eigenvalue weighted by molar-refractivity contribution is 5.26. The molecule has 0 fully saturated rings. The van der Waals surface area contributed by atoms with Gasteiger partial charge in [0.25, 0.3) is 0 Å². The Kier molecular flexibility index (Phi) is 2.57. The number of hydrogen-bond acceptors (Lipinski definition) is 1. The lowest BCUT2D eigenvalue weighted by molar-refractivity contribution is -0.874. The zero-order valence-electron chi connectivity index (χ0n) is 8.70. The van der Waals surface area contributed by atoms with E-state index in [0.717, 1.165) is 25.8 Å². The van der Waals surface area contributed by atoms with Crippen molar-refractivity contribution in [2.45, 2.75) is 25.8 Å². The van der Waals surface area contributed by atoms with E-state index in [1.165, 1.54) is 11.1 Å². The van der Waals surface area contributed by atoms with E-state index in [1.54, 1.807) is 7.05 Å². The Bertz CT molecular complexity index is 320. The quantitative estimate of drug-likeness (QED) is 0.456. The molecule has 0 saturated carbocycles. The molecule has 1 aromatic rings. The van der Waals surface area contributed by atoms with Crippen molar-refractivity contribution in [3.63, 3.8) is 0 Å². The summed E-state index contributed by atoms with van der Waals surface area (Å²) in [6.07, 6.45) is 3.33. The number of rotatable bonds is 0. The lowest BCUT2D eigenvalue weighted by Gasteiger charge is -2.40. The van der Waals surface area contributed by atoms with Crippen LogP contribution in [0.4, 0.5) is 0 Å². The normalized spacial score (nSPS) is 27.6. The van der Waals surface area contributed by atoms with E-state index in [2.05, 4.69) is 18.2 Å². The molecule has 2 rings (SSSR count). The van der Waals surface area contributed by atoms with E-state index in [9.17, 15) is 5.21 Å². The predicted octanol–water partition coefficient (Wildman–Crippen LogP) is 2.47. The van der Waals surface area contributed by atoms with Crippen molar-refractivity contribution in [1.29, 1.82) is 0 Å². The first-order chi connectivity index (χ1) is 6.67. The van der Waals surface area contributed by atoms with Crippen LogP contribution in [0.5, 0.6) is 0 Å². The van der Waals surface area contributed by atoms with Crippen molar-refractivity contribution in [2.24, 2.45) is 0 Å². The molecule has 0 aliphatic carbocycles. The molecule has 1 aliphatic heterocycles. The SMILES string of the molecule is C[N+]1([O-])CCCCc2ccccc2C1. The molecule has 0 aromatic heterocycles. The molecule has 0 bridgehead atoms. The lowest BCUT2D eigenvalue weighted by Crippen LogP contribution is -2.38. The van der Waals surface area contributed by atoms with Crippen molar-refractivity contribution in [3.8, 4) is 0 Å². The van der Waals surface area contributed by atoms with Crippen molar-refractivity contribution >= 4 is 0 Å². The Morgan fingerprint density at radius 3 is 2.64 bits per heavy atom. The molecule has 2 nitrogen and oxygen atoms in total.